The van der Waals surface area contributed by atoms with Crippen LogP contribution in [0.15, 0.2) is 36.4 Å². The third-order valence-corrected chi connectivity index (χ3v) is 6.27. The molecule has 0 radical (unpaired) electrons. The normalized spacial score (nSPS) is 11.1. The number of phenolic OH excluding ortho intramolecular Hbond substituents is 4. The average Bonchev–Trinajstić information content (AvgIpc) is 2.78. The third-order valence-electron chi connectivity index (χ3n) is 6.27. The van der Waals surface area contributed by atoms with Crippen LogP contribution in [0.5, 0.6) is 23.0 Å². The number of benzene rings is 2. The second kappa shape index (κ2) is 15.4. The molecule has 0 aliphatic carbocycles. The van der Waals surface area contributed by atoms with Gasteiger partial charge in [0, 0.05) is 0 Å². The number of phenols is 4. The largest absolute Gasteiger partial charge is 0.508 e. The quantitative estimate of drug-likeness (QED) is 0.149. The summed E-state index contributed by atoms with van der Waals surface area (Å²) in [4.78, 5) is 0. The minimum absolute atomic E-state index is 0.226. The van der Waals surface area contributed by atoms with Gasteiger partial charge in [-0.1, -0.05) is 77.0 Å². The van der Waals surface area contributed by atoms with Gasteiger partial charge in [0.25, 0.3) is 0 Å². The summed E-state index contributed by atoms with van der Waals surface area (Å²) in [6.07, 6.45) is 19.2. The summed E-state index contributed by atoms with van der Waals surface area (Å²) in [6, 6.07) is 9.50. The minimum atomic E-state index is 0.226. The molecular formula is C28H42O4. The first-order chi connectivity index (χ1) is 15.6. The molecule has 0 aliphatic heterocycles. The SMILES string of the molecule is Oc1ccc(O)c(CCCCCCCCCCCCCCCCc2cc(O)ccc2O)c1. The summed E-state index contributed by atoms with van der Waals surface area (Å²) in [5.41, 5.74) is 1.70. The molecule has 0 amide bonds. The van der Waals surface area contributed by atoms with Gasteiger partial charge in [-0.3, -0.25) is 0 Å². The summed E-state index contributed by atoms with van der Waals surface area (Å²) in [5.74, 6) is 1.03. The predicted octanol–water partition coefficient (Wildman–Crippen LogP) is 7.76. The summed E-state index contributed by atoms with van der Waals surface area (Å²) >= 11 is 0. The molecule has 4 heteroatoms. The summed E-state index contributed by atoms with van der Waals surface area (Å²) in [5, 5.41) is 38.6. The summed E-state index contributed by atoms with van der Waals surface area (Å²) in [6.45, 7) is 0. The molecule has 4 N–H and O–H groups in total. The van der Waals surface area contributed by atoms with E-state index in [2.05, 4.69) is 0 Å². The smallest absolute Gasteiger partial charge is 0.119 e. The second-order valence-electron chi connectivity index (χ2n) is 9.08. The van der Waals surface area contributed by atoms with Gasteiger partial charge in [-0.15, -0.1) is 0 Å². The van der Waals surface area contributed by atoms with Gasteiger partial charge in [0.1, 0.15) is 23.0 Å². The molecule has 32 heavy (non-hydrogen) atoms. The van der Waals surface area contributed by atoms with Gasteiger partial charge >= 0.3 is 0 Å². The Morgan fingerprint density at radius 1 is 0.375 bits per heavy atom. The van der Waals surface area contributed by atoms with Crippen LogP contribution in [-0.4, -0.2) is 20.4 Å². The molecule has 0 fully saturated rings. The van der Waals surface area contributed by atoms with E-state index in [4.69, 9.17) is 0 Å². The number of rotatable bonds is 17. The van der Waals surface area contributed by atoms with Crippen molar-refractivity contribution in [1.82, 2.24) is 0 Å². The van der Waals surface area contributed by atoms with E-state index < -0.39 is 0 Å². The maximum Gasteiger partial charge on any atom is 0.119 e. The van der Waals surface area contributed by atoms with E-state index in [1.165, 1.54) is 89.2 Å². The van der Waals surface area contributed by atoms with Crippen LogP contribution in [0, 0.1) is 0 Å². The number of aromatic hydroxyl groups is 4. The van der Waals surface area contributed by atoms with Gasteiger partial charge < -0.3 is 20.4 Å². The van der Waals surface area contributed by atoms with E-state index in [0.717, 1.165) is 36.8 Å². The highest BCUT2D eigenvalue weighted by Gasteiger charge is 2.03. The highest BCUT2D eigenvalue weighted by atomic mass is 16.3. The van der Waals surface area contributed by atoms with Crippen LogP contribution in [0.4, 0.5) is 0 Å². The molecule has 0 atom stereocenters. The molecule has 4 nitrogen and oxygen atoms in total. The van der Waals surface area contributed by atoms with Crippen molar-refractivity contribution in [3.8, 4) is 23.0 Å². The van der Waals surface area contributed by atoms with Crippen molar-refractivity contribution >= 4 is 0 Å². The Kier molecular flexibility index (Phi) is 12.5. The predicted molar refractivity (Wildman–Crippen MR) is 132 cm³/mol. The Labute approximate surface area is 194 Å². The molecule has 0 aliphatic rings. The molecule has 0 saturated heterocycles. The van der Waals surface area contributed by atoms with E-state index in [0.29, 0.717) is 0 Å². The fourth-order valence-corrected chi connectivity index (χ4v) is 4.30. The molecule has 2 aromatic carbocycles. The zero-order valence-electron chi connectivity index (χ0n) is 19.6. The molecule has 0 saturated carbocycles. The van der Waals surface area contributed by atoms with E-state index >= 15 is 0 Å². The number of aryl methyl sites for hydroxylation is 2. The zero-order chi connectivity index (χ0) is 23.0. The molecule has 2 aromatic rings. The Bertz CT molecular complexity index is 707. The summed E-state index contributed by atoms with van der Waals surface area (Å²) < 4.78 is 0. The minimum Gasteiger partial charge on any atom is -0.508 e. The molecule has 0 unspecified atom stereocenters. The average molecular weight is 443 g/mol. The fraction of sp³-hybridized carbons (Fsp3) is 0.571. The molecule has 0 aromatic heterocycles. The van der Waals surface area contributed by atoms with E-state index in [1.807, 2.05) is 0 Å². The van der Waals surface area contributed by atoms with E-state index in [9.17, 15) is 20.4 Å². The van der Waals surface area contributed by atoms with Crippen molar-refractivity contribution < 1.29 is 20.4 Å². The lowest BCUT2D eigenvalue weighted by Crippen LogP contribution is -1.88. The van der Waals surface area contributed by atoms with Gasteiger partial charge in [0.05, 0.1) is 0 Å². The second-order valence-corrected chi connectivity index (χ2v) is 9.08. The van der Waals surface area contributed by atoms with Crippen molar-refractivity contribution in [1.29, 1.82) is 0 Å². The van der Waals surface area contributed by atoms with Crippen molar-refractivity contribution in [2.75, 3.05) is 0 Å². The van der Waals surface area contributed by atoms with Crippen LogP contribution >= 0.6 is 0 Å². The van der Waals surface area contributed by atoms with Crippen molar-refractivity contribution in [3.63, 3.8) is 0 Å². The lowest BCUT2D eigenvalue weighted by Gasteiger charge is -2.06. The van der Waals surface area contributed by atoms with Gasteiger partial charge in [0.15, 0.2) is 0 Å². The van der Waals surface area contributed by atoms with Crippen LogP contribution in [0.1, 0.15) is 101 Å². The van der Waals surface area contributed by atoms with Crippen LogP contribution < -0.4 is 0 Å². The van der Waals surface area contributed by atoms with E-state index in [1.54, 1.807) is 24.3 Å². The Hall–Kier alpha value is -2.36. The molecule has 2 rings (SSSR count). The van der Waals surface area contributed by atoms with Gasteiger partial charge in [-0.2, -0.15) is 0 Å². The van der Waals surface area contributed by atoms with Crippen LogP contribution in [0.3, 0.4) is 0 Å². The molecule has 178 valence electrons. The lowest BCUT2D eigenvalue weighted by atomic mass is 10.0. The Morgan fingerprint density at radius 2 is 0.656 bits per heavy atom. The maximum atomic E-state index is 9.78. The van der Waals surface area contributed by atoms with Gasteiger partial charge in [-0.05, 0) is 73.2 Å². The lowest BCUT2D eigenvalue weighted by molar-refractivity contribution is 0.452. The standard InChI is InChI=1S/C28H42O4/c29-25-17-19-27(31)23(21-25)15-13-11-9-7-5-3-1-2-4-6-8-10-12-14-16-24-22-26(30)18-20-28(24)32/h17-22,29-32H,1-16H2. The first-order valence-electron chi connectivity index (χ1n) is 12.6. The third kappa shape index (κ3) is 10.8. The molecule has 0 bridgehead atoms. The molecule has 0 heterocycles. The van der Waals surface area contributed by atoms with E-state index in [-0.39, 0.29) is 23.0 Å². The van der Waals surface area contributed by atoms with Crippen molar-refractivity contribution in [2.24, 2.45) is 0 Å². The monoisotopic (exact) mass is 442 g/mol. The highest BCUT2D eigenvalue weighted by Crippen LogP contribution is 2.25. The van der Waals surface area contributed by atoms with Crippen LogP contribution in [0.2, 0.25) is 0 Å². The fourth-order valence-electron chi connectivity index (χ4n) is 4.30. The first kappa shape index (κ1) is 25.9. The number of hydrogen-bond donors (Lipinski definition) is 4. The molecule has 0 spiro atoms. The zero-order valence-corrected chi connectivity index (χ0v) is 19.6. The Balaban J connectivity index is 1.32. The van der Waals surface area contributed by atoms with Crippen molar-refractivity contribution in [3.05, 3.63) is 47.5 Å². The maximum absolute atomic E-state index is 9.78. The van der Waals surface area contributed by atoms with Gasteiger partial charge in [0.2, 0.25) is 0 Å². The molecular weight excluding hydrogens is 400 g/mol. The van der Waals surface area contributed by atoms with Crippen LogP contribution in [-0.2, 0) is 12.8 Å². The highest BCUT2D eigenvalue weighted by molar-refractivity contribution is 5.39. The topological polar surface area (TPSA) is 80.9 Å². The Morgan fingerprint density at radius 3 is 0.969 bits per heavy atom. The number of unbranched alkanes of at least 4 members (excludes halogenated alkanes) is 13. The van der Waals surface area contributed by atoms with Crippen molar-refractivity contribution in [2.45, 2.75) is 103 Å². The van der Waals surface area contributed by atoms with Gasteiger partial charge in [-0.25, -0.2) is 0 Å². The summed E-state index contributed by atoms with van der Waals surface area (Å²) in [7, 11) is 0. The number of hydrogen-bond acceptors (Lipinski definition) is 4. The van der Waals surface area contributed by atoms with Crippen LogP contribution in [0.25, 0.3) is 0 Å². The first-order valence-corrected chi connectivity index (χ1v) is 12.6.